The van der Waals surface area contributed by atoms with E-state index in [1.165, 1.54) is 0 Å². The molecule has 2 aromatic carbocycles. The average Bonchev–Trinajstić information content (AvgIpc) is 2.58. The molecule has 3 N–H and O–H groups in total. The Morgan fingerprint density at radius 2 is 2.08 bits per heavy atom. The molecule has 0 spiro atoms. The molecule has 0 aliphatic carbocycles. The van der Waals surface area contributed by atoms with Gasteiger partial charge in [0.1, 0.15) is 5.75 Å². The number of hydrogen-bond acceptors (Lipinski definition) is 4. The maximum absolute atomic E-state index is 12.5. The first-order valence-electron chi connectivity index (χ1n) is 8.33. The van der Waals surface area contributed by atoms with E-state index in [0.29, 0.717) is 24.6 Å². The molecule has 3 rings (SSSR count). The summed E-state index contributed by atoms with van der Waals surface area (Å²) < 4.78 is 5.55. The van der Waals surface area contributed by atoms with E-state index in [1.54, 1.807) is 0 Å². The summed E-state index contributed by atoms with van der Waals surface area (Å²) in [7, 11) is 0. The second kappa shape index (κ2) is 7.25. The normalized spacial score (nSPS) is 13.3. The molecule has 126 valence electrons. The monoisotopic (exact) mass is 325 g/mol. The lowest BCUT2D eigenvalue weighted by molar-refractivity contribution is -0.115. The van der Waals surface area contributed by atoms with Gasteiger partial charge in [0.2, 0.25) is 5.91 Å². The number of para-hydroxylation sites is 2. The van der Waals surface area contributed by atoms with E-state index in [-0.39, 0.29) is 5.91 Å². The zero-order valence-electron chi connectivity index (χ0n) is 13.9. The quantitative estimate of drug-likeness (QED) is 0.829. The average molecular weight is 325 g/mol. The molecule has 1 amide bonds. The smallest absolute Gasteiger partial charge is 0.243 e. The van der Waals surface area contributed by atoms with Crippen molar-refractivity contribution in [2.45, 2.75) is 19.8 Å². The van der Waals surface area contributed by atoms with E-state index >= 15 is 0 Å². The minimum atomic E-state index is -0.0579. The number of carbonyl (C=O) groups excluding carboxylic acids is 1. The van der Waals surface area contributed by atoms with Crippen molar-refractivity contribution in [3.63, 3.8) is 0 Å². The Bertz CT molecular complexity index is 730. The Morgan fingerprint density at radius 1 is 1.25 bits per heavy atom. The van der Waals surface area contributed by atoms with Crippen LogP contribution in [0, 0.1) is 0 Å². The molecular formula is C19H23N3O2. The molecule has 1 aliphatic heterocycles. The van der Waals surface area contributed by atoms with E-state index in [9.17, 15) is 4.79 Å². The van der Waals surface area contributed by atoms with Gasteiger partial charge in [-0.25, -0.2) is 0 Å². The number of carbonyl (C=O) groups is 1. The van der Waals surface area contributed by atoms with Crippen LogP contribution in [0.25, 0.3) is 0 Å². The predicted molar refractivity (Wildman–Crippen MR) is 97.6 cm³/mol. The van der Waals surface area contributed by atoms with Gasteiger partial charge in [-0.3, -0.25) is 4.79 Å². The molecule has 0 radical (unpaired) electrons. The second-order valence-electron chi connectivity index (χ2n) is 5.85. The minimum absolute atomic E-state index is 0.0579. The van der Waals surface area contributed by atoms with E-state index in [4.69, 9.17) is 10.5 Å². The van der Waals surface area contributed by atoms with Gasteiger partial charge in [-0.2, -0.15) is 0 Å². The number of ether oxygens (including phenoxy) is 1. The van der Waals surface area contributed by atoms with Crippen molar-refractivity contribution in [1.29, 1.82) is 0 Å². The first kappa shape index (κ1) is 16.2. The fourth-order valence-corrected chi connectivity index (χ4v) is 3.11. The number of nitrogens with two attached hydrogens (primary N) is 1. The molecule has 0 aromatic heterocycles. The van der Waals surface area contributed by atoms with Crippen LogP contribution in [0.5, 0.6) is 5.75 Å². The van der Waals surface area contributed by atoms with Crippen LogP contribution < -0.4 is 20.7 Å². The maximum atomic E-state index is 12.5. The van der Waals surface area contributed by atoms with Crippen LogP contribution >= 0.6 is 0 Å². The summed E-state index contributed by atoms with van der Waals surface area (Å²) in [5.74, 6) is 0.633. The number of nitrogens with zero attached hydrogens (tertiary/aromatic N) is 1. The molecule has 24 heavy (non-hydrogen) atoms. The highest BCUT2D eigenvalue weighted by molar-refractivity contribution is 5.95. The molecule has 0 unspecified atom stereocenters. The molecular weight excluding hydrogens is 302 g/mol. The Labute approximate surface area is 142 Å². The van der Waals surface area contributed by atoms with E-state index in [1.807, 2.05) is 49.4 Å². The van der Waals surface area contributed by atoms with Crippen LogP contribution in [0.3, 0.4) is 0 Å². The fourth-order valence-electron chi connectivity index (χ4n) is 3.11. The van der Waals surface area contributed by atoms with Gasteiger partial charge in [-0.15, -0.1) is 0 Å². The summed E-state index contributed by atoms with van der Waals surface area (Å²) in [6.45, 7) is 3.65. The number of amides is 1. The zero-order chi connectivity index (χ0) is 16.9. The molecule has 0 saturated carbocycles. The third-order valence-electron chi connectivity index (χ3n) is 4.18. The van der Waals surface area contributed by atoms with Crippen molar-refractivity contribution in [3.8, 4) is 5.75 Å². The summed E-state index contributed by atoms with van der Waals surface area (Å²) in [6.07, 6.45) is 1.97. The topological polar surface area (TPSA) is 67.6 Å². The third-order valence-corrected chi connectivity index (χ3v) is 4.18. The van der Waals surface area contributed by atoms with Gasteiger partial charge >= 0.3 is 0 Å². The first-order valence-corrected chi connectivity index (χ1v) is 8.33. The zero-order valence-corrected chi connectivity index (χ0v) is 13.9. The van der Waals surface area contributed by atoms with Gasteiger partial charge in [0.05, 0.1) is 18.8 Å². The maximum Gasteiger partial charge on any atom is 0.243 e. The van der Waals surface area contributed by atoms with Gasteiger partial charge in [-0.05, 0) is 49.6 Å². The SMILES string of the molecule is CCOc1ccccc1NC(=O)CN1CCCc2c(N)cccc21. The molecule has 2 aromatic rings. The third kappa shape index (κ3) is 3.45. The van der Waals surface area contributed by atoms with Crippen molar-refractivity contribution >= 4 is 23.0 Å². The van der Waals surface area contributed by atoms with Gasteiger partial charge in [0.25, 0.3) is 0 Å². The van der Waals surface area contributed by atoms with E-state index < -0.39 is 0 Å². The number of anilines is 3. The molecule has 5 heteroatoms. The molecule has 5 nitrogen and oxygen atoms in total. The highest BCUT2D eigenvalue weighted by Gasteiger charge is 2.20. The molecule has 0 fully saturated rings. The van der Waals surface area contributed by atoms with Crippen molar-refractivity contribution in [2.24, 2.45) is 0 Å². The Morgan fingerprint density at radius 3 is 2.92 bits per heavy atom. The van der Waals surface area contributed by atoms with Crippen LogP contribution in [0.1, 0.15) is 18.9 Å². The summed E-state index contributed by atoms with van der Waals surface area (Å²) in [4.78, 5) is 14.6. The number of rotatable bonds is 5. The minimum Gasteiger partial charge on any atom is -0.492 e. The van der Waals surface area contributed by atoms with Crippen LogP contribution in [0.15, 0.2) is 42.5 Å². The van der Waals surface area contributed by atoms with Gasteiger partial charge in [0, 0.05) is 17.9 Å². The first-order chi connectivity index (χ1) is 11.7. The molecule has 1 heterocycles. The molecule has 0 atom stereocenters. The highest BCUT2D eigenvalue weighted by Crippen LogP contribution is 2.31. The Kier molecular flexibility index (Phi) is 4.89. The number of benzene rings is 2. The number of fused-ring (bicyclic) bond motifs is 1. The van der Waals surface area contributed by atoms with E-state index in [0.717, 1.165) is 36.3 Å². The lowest BCUT2D eigenvalue weighted by atomic mass is 10.00. The van der Waals surface area contributed by atoms with Gasteiger partial charge in [-0.1, -0.05) is 18.2 Å². The summed E-state index contributed by atoms with van der Waals surface area (Å²) in [5, 5.41) is 2.95. The van der Waals surface area contributed by atoms with Crippen LogP contribution in [0.2, 0.25) is 0 Å². The fraction of sp³-hybridized carbons (Fsp3) is 0.316. The number of nitrogen functional groups attached to an aromatic ring is 1. The highest BCUT2D eigenvalue weighted by atomic mass is 16.5. The standard InChI is InChI=1S/C19H23N3O2/c1-2-24-18-11-4-3-9-16(18)21-19(23)13-22-12-6-7-14-15(20)8-5-10-17(14)22/h3-5,8-11H,2,6-7,12-13,20H2,1H3,(H,21,23). The summed E-state index contributed by atoms with van der Waals surface area (Å²) >= 11 is 0. The van der Waals surface area contributed by atoms with Gasteiger partial charge < -0.3 is 20.7 Å². The van der Waals surface area contributed by atoms with Crippen molar-refractivity contribution in [3.05, 3.63) is 48.0 Å². The predicted octanol–water partition coefficient (Wildman–Crippen LogP) is 3.06. The van der Waals surface area contributed by atoms with Crippen molar-refractivity contribution < 1.29 is 9.53 Å². The Balaban J connectivity index is 1.72. The second-order valence-corrected chi connectivity index (χ2v) is 5.85. The molecule has 1 aliphatic rings. The van der Waals surface area contributed by atoms with Crippen LogP contribution in [0.4, 0.5) is 17.1 Å². The van der Waals surface area contributed by atoms with Crippen LogP contribution in [-0.2, 0) is 11.2 Å². The summed E-state index contributed by atoms with van der Waals surface area (Å²) in [5.41, 5.74) is 9.78. The number of nitrogens with one attached hydrogen (secondary N) is 1. The summed E-state index contributed by atoms with van der Waals surface area (Å²) in [6, 6.07) is 13.4. The van der Waals surface area contributed by atoms with Crippen molar-refractivity contribution in [1.82, 2.24) is 0 Å². The number of hydrogen-bond donors (Lipinski definition) is 2. The molecule has 0 bridgehead atoms. The lowest BCUT2D eigenvalue weighted by Gasteiger charge is -2.31. The van der Waals surface area contributed by atoms with Crippen molar-refractivity contribution in [2.75, 3.05) is 35.6 Å². The largest absolute Gasteiger partial charge is 0.492 e. The molecule has 0 saturated heterocycles. The Hall–Kier alpha value is -2.69. The van der Waals surface area contributed by atoms with Crippen LogP contribution in [-0.4, -0.2) is 25.6 Å². The van der Waals surface area contributed by atoms with Gasteiger partial charge in [0.15, 0.2) is 0 Å². The van der Waals surface area contributed by atoms with E-state index in [2.05, 4.69) is 10.2 Å². The lowest BCUT2D eigenvalue weighted by Crippen LogP contribution is -2.37.